The van der Waals surface area contributed by atoms with Crippen molar-refractivity contribution in [3.05, 3.63) is 42.7 Å². The molecule has 11 heteroatoms. The number of imidazole rings is 1. The summed E-state index contributed by atoms with van der Waals surface area (Å²) < 4.78 is 42.4. The molecule has 3 N–H and O–H groups in total. The number of halogens is 3. The summed E-state index contributed by atoms with van der Waals surface area (Å²) in [5.74, 6) is -0.808. The van der Waals surface area contributed by atoms with Crippen LogP contribution in [0.1, 0.15) is 25.3 Å². The summed E-state index contributed by atoms with van der Waals surface area (Å²) in [6.07, 6.45) is -1.92. The van der Waals surface area contributed by atoms with Gasteiger partial charge < -0.3 is 24.8 Å². The summed E-state index contributed by atoms with van der Waals surface area (Å²) in [7, 11) is 0. The summed E-state index contributed by atoms with van der Waals surface area (Å²) in [4.78, 5) is 21.5. The molecule has 0 spiro atoms. The average molecular weight is 450 g/mol. The molecule has 3 atom stereocenters. The SMILES string of the molecule is O=C(N[C@H]1CCC[C@@H]1O)[C@H](CO)n1cnc2ccc(-c3ccc(OC(F)(F)F)cc3)nc21. The summed E-state index contributed by atoms with van der Waals surface area (Å²) in [5, 5.41) is 22.6. The molecule has 8 nitrogen and oxygen atoms in total. The lowest BCUT2D eigenvalue weighted by Gasteiger charge is -2.21. The second kappa shape index (κ2) is 8.75. The van der Waals surface area contributed by atoms with E-state index in [-0.39, 0.29) is 11.8 Å². The molecule has 2 heterocycles. The Bertz CT molecular complexity index is 1100. The maximum absolute atomic E-state index is 12.8. The number of aliphatic hydroxyl groups is 2. The fourth-order valence-electron chi connectivity index (χ4n) is 3.81. The van der Waals surface area contributed by atoms with Crippen molar-refractivity contribution in [1.29, 1.82) is 0 Å². The molecule has 0 bridgehead atoms. The molecule has 32 heavy (non-hydrogen) atoms. The van der Waals surface area contributed by atoms with E-state index in [4.69, 9.17) is 0 Å². The molecule has 1 saturated carbocycles. The van der Waals surface area contributed by atoms with Gasteiger partial charge in [0.1, 0.15) is 17.3 Å². The number of aromatic nitrogens is 3. The first-order chi connectivity index (χ1) is 15.2. The molecule has 0 aliphatic heterocycles. The van der Waals surface area contributed by atoms with Crippen LogP contribution in [0.25, 0.3) is 22.4 Å². The van der Waals surface area contributed by atoms with Crippen LogP contribution in [0.15, 0.2) is 42.7 Å². The number of rotatable bonds is 6. The zero-order valence-corrected chi connectivity index (χ0v) is 16.8. The topological polar surface area (TPSA) is 110 Å². The number of amides is 1. The molecule has 1 fully saturated rings. The number of alkyl halides is 3. The third-order valence-electron chi connectivity index (χ3n) is 5.42. The third-order valence-corrected chi connectivity index (χ3v) is 5.42. The zero-order chi connectivity index (χ0) is 22.9. The van der Waals surface area contributed by atoms with Crippen molar-refractivity contribution >= 4 is 17.1 Å². The maximum atomic E-state index is 12.8. The molecule has 1 aliphatic carbocycles. The summed E-state index contributed by atoms with van der Waals surface area (Å²) in [5.41, 5.74) is 1.80. The summed E-state index contributed by atoms with van der Waals surface area (Å²) in [6, 6.07) is 7.20. The fraction of sp³-hybridized carbons (Fsp3) is 0.381. The van der Waals surface area contributed by atoms with Gasteiger partial charge in [-0.1, -0.05) is 0 Å². The third kappa shape index (κ3) is 4.68. The number of hydrogen-bond acceptors (Lipinski definition) is 6. The number of carbonyl (C=O) groups is 1. The Morgan fingerprint density at radius 1 is 1.22 bits per heavy atom. The lowest BCUT2D eigenvalue weighted by molar-refractivity contribution is -0.274. The first-order valence-electron chi connectivity index (χ1n) is 10.0. The van der Waals surface area contributed by atoms with E-state index < -0.39 is 31.0 Å². The highest BCUT2D eigenvalue weighted by atomic mass is 19.4. The van der Waals surface area contributed by atoms with Gasteiger partial charge in [-0.15, -0.1) is 13.2 Å². The van der Waals surface area contributed by atoms with Gasteiger partial charge in [-0.2, -0.15) is 0 Å². The minimum Gasteiger partial charge on any atom is -0.406 e. The largest absolute Gasteiger partial charge is 0.573 e. The molecule has 0 saturated heterocycles. The van der Waals surface area contributed by atoms with Crippen molar-refractivity contribution in [1.82, 2.24) is 19.9 Å². The summed E-state index contributed by atoms with van der Waals surface area (Å²) in [6.45, 7) is -0.504. The van der Waals surface area contributed by atoms with Gasteiger partial charge in [-0.3, -0.25) is 4.79 Å². The second-order valence-electron chi connectivity index (χ2n) is 7.57. The van der Waals surface area contributed by atoms with Crippen molar-refractivity contribution in [2.24, 2.45) is 0 Å². The zero-order valence-electron chi connectivity index (χ0n) is 16.8. The van der Waals surface area contributed by atoms with Crippen LogP contribution in [0.4, 0.5) is 13.2 Å². The smallest absolute Gasteiger partial charge is 0.406 e. The van der Waals surface area contributed by atoms with E-state index in [1.807, 2.05) is 0 Å². The minimum atomic E-state index is -4.78. The molecule has 1 amide bonds. The predicted octanol–water partition coefficient (Wildman–Crippen LogP) is 2.56. The highest BCUT2D eigenvalue weighted by Crippen LogP contribution is 2.27. The monoisotopic (exact) mass is 450 g/mol. The van der Waals surface area contributed by atoms with Gasteiger partial charge in [0.25, 0.3) is 0 Å². The Kier molecular flexibility index (Phi) is 6.02. The second-order valence-corrected chi connectivity index (χ2v) is 7.57. The first kappa shape index (κ1) is 22.0. The van der Waals surface area contributed by atoms with Crippen LogP contribution in [-0.4, -0.2) is 55.8 Å². The number of hydrogen-bond donors (Lipinski definition) is 3. The highest BCUT2D eigenvalue weighted by molar-refractivity contribution is 5.84. The summed E-state index contributed by atoms with van der Waals surface area (Å²) >= 11 is 0. The van der Waals surface area contributed by atoms with Gasteiger partial charge in [-0.25, -0.2) is 9.97 Å². The standard InChI is InChI=1S/C21H21F3N4O4/c22-21(23,24)32-13-6-4-12(5-7-13)14-8-9-16-19(26-14)28(11-25-16)17(10-29)20(31)27-15-2-1-3-18(15)30/h4-9,11,15,17-18,29-30H,1-3,10H2,(H,27,31)/t15-,17-,18-/m0/s1. The predicted molar refractivity (Wildman–Crippen MR) is 108 cm³/mol. The number of carbonyl (C=O) groups excluding carboxylic acids is 1. The molecule has 3 aromatic rings. The molecule has 4 rings (SSSR count). The van der Waals surface area contributed by atoms with Gasteiger partial charge in [0, 0.05) is 5.56 Å². The van der Waals surface area contributed by atoms with Gasteiger partial charge in [0.2, 0.25) is 5.91 Å². The van der Waals surface area contributed by atoms with Crippen LogP contribution >= 0.6 is 0 Å². The van der Waals surface area contributed by atoms with E-state index >= 15 is 0 Å². The fourth-order valence-corrected chi connectivity index (χ4v) is 3.81. The van der Waals surface area contributed by atoms with E-state index in [0.717, 1.165) is 6.42 Å². The van der Waals surface area contributed by atoms with Gasteiger partial charge >= 0.3 is 6.36 Å². The Hall–Kier alpha value is -3.18. The number of pyridine rings is 1. The molecule has 1 aromatic carbocycles. The maximum Gasteiger partial charge on any atom is 0.573 e. The van der Waals surface area contributed by atoms with Crippen LogP contribution in [0.5, 0.6) is 5.75 Å². The van der Waals surface area contributed by atoms with E-state index in [0.29, 0.717) is 35.3 Å². The highest BCUT2D eigenvalue weighted by Gasteiger charge is 2.31. The Balaban J connectivity index is 1.60. The Labute approximate surface area is 180 Å². The van der Waals surface area contributed by atoms with Crippen molar-refractivity contribution in [3.8, 4) is 17.0 Å². The Morgan fingerprint density at radius 3 is 2.59 bits per heavy atom. The average Bonchev–Trinajstić information content (AvgIpc) is 3.34. The van der Waals surface area contributed by atoms with Crippen LogP contribution in [0, 0.1) is 0 Å². The molecule has 1 aliphatic rings. The number of fused-ring (bicyclic) bond motifs is 1. The van der Waals surface area contributed by atoms with E-state index in [1.54, 1.807) is 12.1 Å². The number of aliphatic hydroxyl groups excluding tert-OH is 2. The number of ether oxygens (including phenoxy) is 1. The van der Waals surface area contributed by atoms with Crippen LogP contribution in [0.2, 0.25) is 0 Å². The van der Waals surface area contributed by atoms with Gasteiger partial charge in [0.05, 0.1) is 30.8 Å². The van der Waals surface area contributed by atoms with E-state index in [9.17, 15) is 28.2 Å². The van der Waals surface area contributed by atoms with Crippen molar-refractivity contribution in [3.63, 3.8) is 0 Å². The van der Waals surface area contributed by atoms with Gasteiger partial charge in [0.15, 0.2) is 5.65 Å². The molecule has 2 aromatic heterocycles. The van der Waals surface area contributed by atoms with Crippen LogP contribution in [-0.2, 0) is 4.79 Å². The molecule has 0 radical (unpaired) electrons. The number of nitrogens with one attached hydrogen (secondary N) is 1. The molecule has 0 unspecified atom stereocenters. The van der Waals surface area contributed by atoms with E-state index in [2.05, 4.69) is 20.0 Å². The lowest BCUT2D eigenvalue weighted by Crippen LogP contribution is -2.44. The van der Waals surface area contributed by atoms with Gasteiger partial charge in [-0.05, 0) is 55.7 Å². The molecule has 170 valence electrons. The van der Waals surface area contributed by atoms with Crippen molar-refractivity contribution < 1.29 is 32.9 Å². The normalized spacial score (nSPS) is 19.8. The quantitative estimate of drug-likeness (QED) is 0.533. The first-order valence-corrected chi connectivity index (χ1v) is 10.0. The van der Waals surface area contributed by atoms with Crippen LogP contribution in [0.3, 0.4) is 0 Å². The van der Waals surface area contributed by atoms with Crippen molar-refractivity contribution in [2.45, 2.75) is 43.8 Å². The minimum absolute atomic E-state index is 0.333. The Morgan fingerprint density at radius 2 is 1.97 bits per heavy atom. The number of nitrogens with zero attached hydrogens (tertiary/aromatic N) is 3. The van der Waals surface area contributed by atoms with E-state index in [1.165, 1.54) is 35.2 Å². The lowest BCUT2D eigenvalue weighted by atomic mass is 10.1. The molecular formula is C21H21F3N4O4. The molecular weight excluding hydrogens is 429 g/mol. The van der Waals surface area contributed by atoms with Crippen molar-refractivity contribution in [2.75, 3.05) is 6.61 Å². The number of benzene rings is 1. The van der Waals surface area contributed by atoms with Crippen LogP contribution < -0.4 is 10.1 Å².